The van der Waals surface area contributed by atoms with Crippen LogP contribution in [-0.4, -0.2) is 41.2 Å². The third-order valence-corrected chi connectivity index (χ3v) is 7.43. The minimum absolute atomic E-state index is 0.0529. The lowest BCUT2D eigenvalue weighted by atomic mass is 10.00. The van der Waals surface area contributed by atoms with Crippen molar-refractivity contribution in [3.8, 4) is 0 Å². The van der Waals surface area contributed by atoms with Crippen LogP contribution < -0.4 is 16.0 Å². The Kier molecular flexibility index (Phi) is 7.50. The second-order valence-corrected chi connectivity index (χ2v) is 9.60. The van der Waals surface area contributed by atoms with Crippen molar-refractivity contribution in [1.82, 2.24) is 15.3 Å². The third-order valence-electron chi connectivity index (χ3n) is 6.18. The van der Waals surface area contributed by atoms with Crippen molar-refractivity contribution in [3.05, 3.63) is 59.7 Å². The lowest BCUT2D eigenvalue weighted by Gasteiger charge is -2.34. The summed E-state index contributed by atoms with van der Waals surface area (Å²) in [6.07, 6.45) is -0.570. The summed E-state index contributed by atoms with van der Waals surface area (Å²) >= 11 is 5.19. The van der Waals surface area contributed by atoms with Gasteiger partial charge in [0.15, 0.2) is 0 Å². The van der Waals surface area contributed by atoms with E-state index in [1.54, 1.807) is 28.9 Å². The van der Waals surface area contributed by atoms with E-state index in [-0.39, 0.29) is 29.7 Å². The first kappa shape index (κ1) is 24.6. The smallest absolute Gasteiger partial charge is 0.355 e. The molecule has 0 saturated carbocycles. The molecule has 0 radical (unpaired) electrons. The molecule has 2 bridgehead atoms. The number of amides is 2. The molecule has 11 heteroatoms. The van der Waals surface area contributed by atoms with Crippen LogP contribution in [0.15, 0.2) is 48.5 Å². The van der Waals surface area contributed by atoms with E-state index in [1.807, 2.05) is 0 Å². The molecule has 2 fully saturated rings. The summed E-state index contributed by atoms with van der Waals surface area (Å²) in [4.78, 5) is 25.7. The van der Waals surface area contributed by atoms with Crippen LogP contribution in [-0.2, 0) is 22.8 Å². The van der Waals surface area contributed by atoms with Crippen LogP contribution in [0.25, 0.3) is 0 Å². The van der Waals surface area contributed by atoms with Crippen molar-refractivity contribution in [3.63, 3.8) is 0 Å². The summed E-state index contributed by atoms with van der Waals surface area (Å²) < 4.78 is 40.7. The molecule has 2 amide bonds. The summed E-state index contributed by atoms with van der Waals surface area (Å²) in [5.41, 5.74) is -0.0441. The fourth-order valence-corrected chi connectivity index (χ4v) is 5.75. The number of carbonyl (C=O) groups excluding carboxylic acids is 2. The zero-order valence-corrected chi connectivity index (χ0v) is 19.9. The van der Waals surface area contributed by atoms with Gasteiger partial charge >= 0.3 is 6.18 Å². The number of rotatable bonds is 7. The minimum Gasteiger partial charge on any atom is -0.355 e. The number of nitrogens with zero attached hydrogens (tertiary/aromatic N) is 1. The van der Waals surface area contributed by atoms with Crippen LogP contribution in [0.2, 0.25) is 0 Å². The van der Waals surface area contributed by atoms with Crippen LogP contribution in [0.1, 0.15) is 41.6 Å². The molecular formula is C23H24F3N4O2PS. The van der Waals surface area contributed by atoms with E-state index in [0.29, 0.717) is 25.3 Å². The zero-order valence-electron chi connectivity index (χ0n) is 18.1. The van der Waals surface area contributed by atoms with Gasteiger partial charge in [0.05, 0.1) is 30.9 Å². The molecular weight excluding hydrogens is 484 g/mol. The van der Waals surface area contributed by atoms with E-state index in [9.17, 15) is 22.8 Å². The number of hydrogen-bond acceptors (Lipinski definition) is 5. The second-order valence-electron chi connectivity index (χ2n) is 8.51. The molecule has 0 spiro atoms. The Morgan fingerprint density at radius 1 is 1.09 bits per heavy atom. The molecule has 3 N–H and O–H groups in total. The van der Waals surface area contributed by atoms with Gasteiger partial charge in [-0.3, -0.25) is 14.3 Å². The predicted molar refractivity (Wildman–Crippen MR) is 128 cm³/mol. The largest absolute Gasteiger partial charge is 0.416 e. The first-order valence-corrected chi connectivity index (χ1v) is 12.8. The second kappa shape index (κ2) is 10.4. The molecule has 2 aromatic carbocycles. The fraction of sp³-hybridized carbons (Fsp3) is 0.391. The van der Waals surface area contributed by atoms with Gasteiger partial charge in [-0.05, 0) is 67.8 Å². The topological polar surface area (TPSA) is 73.5 Å². The Morgan fingerprint density at radius 2 is 1.79 bits per heavy atom. The highest BCUT2D eigenvalue weighted by Gasteiger charge is 2.37. The number of fused-ring (bicyclic) bond motifs is 2. The Labute approximate surface area is 202 Å². The maximum atomic E-state index is 13.0. The number of halogens is 3. The standard InChI is InChI=1S/C23H24F3N4O2PS/c24-23(25,26)14-4-3-5-15(10-14)29-20-7-2-1-6-19(20)22(32)27-13-21(31)30(33-34)18-11-16-8-9-17(12-18)28-16/h1-7,10,16-18,28-29H,8-9,11-13H2,(H,27,32)/t16-,17+,18?. The molecule has 6 nitrogen and oxygen atoms in total. The number of piperidine rings is 1. The van der Waals surface area contributed by atoms with Crippen molar-refractivity contribution in [2.24, 2.45) is 0 Å². The lowest BCUT2D eigenvalue weighted by Crippen LogP contribution is -2.48. The summed E-state index contributed by atoms with van der Waals surface area (Å²) in [6, 6.07) is 12.0. The van der Waals surface area contributed by atoms with Crippen molar-refractivity contribution >= 4 is 42.5 Å². The maximum absolute atomic E-state index is 13.0. The van der Waals surface area contributed by atoms with Gasteiger partial charge in [-0.1, -0.05) is 18.2 Å². The highest BCUT2D eigenvalue weighted by atomic mass is 32.4. The number of para-hydroxylation sites is 1. The van der Waals surface area contributed by atoms with Gasteiger partial charge in [0.1, 0.15) is 0 Å². The molecule has 4 rings (SSSR count). The van der Waals surface area contributed by atoms with E-state index in [0.717, 1.165) is 37.8 Å². The zero-order chi connectivity index (χ0) is 24.3. The SMILES string of the molecule is O=C(NCC(=O)N(P=S)C1C[C@H]2CC[C@@H](C1)N2)c1ccccc1Nc1cccc(C(F)(F)F)c1. The number of alkyl halides is 3. The molecule has 0 aliphatic carbocycles. The average Bonchev–Trinajstić information content (AvgIpc) is 3.15. The Hall–Kier alpha value is -2.55. The summed E-state index contributed by atoms with van der Waals surface area (Å²) in [5.74, 6) is -0.755. The highest BCUT2D eigenvalue weighted by molar-refractivity contribution is 7.95. The van der Waals surface area contributed by atoms with E-state index in [2.05, 4.69) is 16.0 Å². The van der Waals surface area contributed by atoms with Crippen LogP contribution in [0.4, 0.5) is 24.5 Å². The van der Waals surface area contributed by atoms with Crippen LogP contribution in [0, 0.1) is 0 Å². The number of carbonyl (C=O) groups is 2. The van der Waals surface area contributed by atoms with E-state index < -0.39 is 17.6 Å². The van der Waals surface area contributed by atoms with E-state index >= 15 is 0 Å². The molecule has 2 aromatic rings. The van der Waals surface area contributed by atoms with Crippen molar-refractivity contribution < 1.29 is 22.8 Å². The number of benzene rings is 2. The van der Waals surface area contributed by atoms with Crippen LogP contribution in [0.5, 0.6) is 0 Å². The van der Waals surface area contributed by atoms with Gasteiger partial charge in [-0.25, -0.2) is 0 Å². The van der Waals surface area contributed by atoms with Crippen LogP contribution >= 0.6 is 7.51 Å². The molecule has 0 aromatic heterocycles. The molecule has 1 unspecified atom stereocenters. The van der Waals surface area contributed by atoms with Crippen molar-refractivity contribution in [2.45, 2.75) is 50.0 Å². The van der Waals surface area contributed by atoms with Gasteiger partial charge in [-0.15, -0.1) is 0 Å². The Balaban J connectivity index is 1.41. The van der Waals surface area contributed by atoms with Crippen LogP contribution in [0.3, 0.4) is 0 Å². The summed E-state index contributed by atoms with van der Waals surface area (Å²) in [7, 11) is 0.425. The lowest BCUT2D eigenvalue weighted by molar-refractivity contribution is -0.137. The molecule has 2 heterocycles. The van der Waals surface area contributed by atoms with Gasteiger partial charge in [-0.2, -0.15) is 13.2 Å². The third kappa shape index (κ3) is 5.74. The fourth-order valence-electron chi connectivity index (χ4n) is 4.59. The highest BCUT2D eigenvalue weighted by Crippen LogP contribution is 2.33. The Morgan fingerprint density at radius 3 is 2.47 bits per heavy atom. The number of hydrogen-bond donors (Lipinski definition) is 3. The van der Waals surface area contributed by atoms with E-state index in [4.69, 9.17) is 11.8 Å². The van der Waals surface area contributed by atoms with Gasteiger partial charge < -0.3 is 16.0 Å². The molecule has 2 aliphatic heterocycles. The van der Waals surface area contributed by atoms with Crippen molar-refractivity contribution in [1.29, 1.82) is 0 Å². The molecule has 2 aliphatic rings. The van der Waals surface area contributed by atoms with Gasteiger partial charge in [0.2, 0.25) is 5.91 Å². The predicted octanol–water partition coefficient (Wildman–Crippen LogP) is 4.61. The van der Waals surface area contributed by atoms with E-state index in [1.165, 1.54) is 12.1 Å². The van der Waals surface area contributed by atoms with Gasteiger partial charge in [0.25, 0.3) is 5.91 Å². The quantitative estimate of drug-likeness (QED) is 0.477. The Bertz CT molecular complexity index is 1070. The molecule has 34 heavy (non-hydrogen) atoms. The normalized spacial score (nSPS) is 21.8. The number of anilines is 2. The molecule has 180 valence electrons. The minimum atomic E-state index is -4.47. The number of nitrogens with one attached hydrogen (secondary N) is 3. The monoisotopic (exact) mass is 508 g/mol. The summed E-state index contributed by atoms with van der Waals surface area (Å²) in [6.45, 7) is -0.209. The first-order valence-electron chi connectivity index (χ1n) is 11.0. The molecule has 2 saturated heterocycles. The molecule has 3 atom stereocenters. The average molecular weight is 509 g/mol. The summed E-state index contributed by atoms with van der Waals surface area (Å²) in [5, 5.41) is 9.04. The van der Waals surface area contributed by atoms with Crippen molar-refractivity contribution in [2.75, 3.05) is 11.9 Å². The van der Waals surface area contributed by atoms with Gasteiger partial charge in [0, 0.05) is 23.8 Å². The maximum Gasteiger partial charge on any atom is 0.416 e. The first-order chi connectivity index (χ1) is 16.2.